The molecule has 7 nitrogen and oxygen atoms in total. The van der Waals surface area contributed by atoms with E-state index in [-0.39, 0.29) is 12.1 Å². The van der Waals surface area contributed by atoms with Gasteiger partial charge in [-0.1, -0.05) is 12.1 Å². The van der Waals surface area contributed by atoms with Gasteiger partial charge in [0.15, 0.2) is 6.29 Å². The lowest BCUT2D eigenvalue weighted by Crippen LogP contribution is -2.36. The molecule has 3 rings (SSSR count). The Balaban J connectivity index is 1.63. The molecule has 7 heteroatoms. The van der Waals surface area contributed by atoms with Crippen LogP contribution in [0.1, 0.15) is 19.3 Å². The van der Waals surface area contributed by atoms with E-state index in [0.29, 0.717) is 17.5 Å². The number of nitrogens with one attached hydrogen (secondary N) is 1. The average molecular weight is 303 g/mol. The summed E-state index contributed by atoms with van der Waals surface area (Å²) in [6.45, 7) is 0.484. The van der Waals surface area contributed by atoms with Gasteiger partial charge in [-0.25, -0.2) is 15.3 Å². The standard InChI is InChI=1S/C15H17N3O4/c19-13(17-22-14-7-3-4-8-21-14)9-18-10-16-12-6-2-1-5-11(12)15(18)20/h1-2,5-6,10,14H,3-4,7-9H2,(H,17,19)/t14-/m1/s1. The monoisotopic (exact) mass is 303 g/mol. The van der Waals surface area contributed by atoms with E-state index < -0.39 is 12.2 Å². The number of carbonyl (C=O) groups excluding carboxylic acids is 1. The van der Waals surface area contributed by atoms with Crippen molar-refractivity contribution in [3.63, 3.8) is 0 Å². The van der Waals surface area contributed by atoms with Crippen LogP contribution in [-0.2, 0) is 20.9 Å². The first-order valence-corrected chi connectivity index (χ1v) is 7.24. The van der Waals surface area contributed by atoms with Gasteiger partial charge in [-0.2, -0.15) is 0 Å². The number of carbonyl (C=O) groups is 1. The van der Waals surface area contributed by atoms with Crippen molar-refractivity contribution in [2.45, 2.75) is 32.1 Å². The van der Waals surface area contributed by atoms with Crippen molar-refractivity contribution in [3.8, 4) is 0 Å². The number of hydroxylamine groups is 1. The van der Waals surface area contributed by atoms with Gasteiger partial charge in [0.2, 0.25) is 0 Å². The van der Waals surface area contributed by atoms with E-state index in [2.05, 4.69) is 10.5 Å². The van der Waals surface area contributed by atoms with E-state index >= 15 is 0 Å². The zero-order valence-corrected chi connectivity index (χ0v) is 12.0. The van der Waals surface area contributed by atoms with Crippen molar-refractivity contribution in [2.24, 2.45) is 0 Å². The molecule has 22 heavy (non-hydrogen) atoms. The Bertz CT molecular complexity index is 722. The highest BCUT2D eigenvalue weighted by Gasteiger charge is 2.16. The molecule has 1 aromatic carbocycles. The minimum absolute atomic E-state index is 0.149. The summed E-state index contributed by atoms with van der Waals surface area (Å²) in [6, 6.07) is 7.01. The number of aromatic nitrogens is 2. The van der Waals surface area contributed by atoms with Crippen molar-refractivity contribution in [1.82, 2.24) is 15.0 Å². The highest BCUT2D eigenvalue weighted by molar-refractivity contribution is 5.78. The number of rotatable bonds is 4. The van der Waals surface area contributed by atoms with Crippen LogP contribution in [-0.4, -0.2) is 28.4 Å². The summed E-state index contributed by atoms with van der Waals surface area (Å²) in [6.07, 6.45) is 3.71. The molecule has 1 N–H and O–H groups in total. The smallest absolute Gasteiger partial charge is 0.263 e. The Labute approximate surface area is 126 Å². The Morgan fingerprint density at radius 1 is 1.41 bits per heavy atom. The first kappa shape index (κ1) is 14.7. The molecular weight excluding hydrogens is 286 g/mol. The quantitative estimate of drug-likeness (QED) is 0.851. The molecule has 1 atom stereocenters. The summed E-state index contributed by atoms with van der Waals surface area (Å²) >= 11 is 0. The number of benzene rings is 1. The molecule has 116 valence electrons. The molecule has 0 radical (unpaired) electrons. The molecule has 2 heterocycles. The number of fused-ring (bicyclic) bond motifs is 1. The third-order valence-electron chi connectivity index (χ3n) is 3.49. The third kappa shape index (κ3) is 3.32. The summed E-state index contributed by atoms with van der Waals surface area (Å²) < 4.78 is 6.59. The predicted molar refractivity (Wildman–Crippen MR) is 78.8 cm³/mol. The fraction of sp³-hybridized carbons (Fsp3) is 0.400. The number of hydrogen-bond donors (Lipinski definition) is 1. The molecule has 1 aliphatic rings. The van der Waals surface area contributed by atoms with Gasteiger partial charge in [-0.05, 0) is 25.0 Å². The lowest BCUT2D eigenvalue weighted by molar-refractivity contribution is -0.200. The van der Waals surface area contributed by atoms with Crippen molar-refractivity contribution < 1.29 is 14.4 Å². The highest BCUT2D eigenvalue weighted by atomic mass is 16.8. The summed E-state index contributed by atoms with van der Waals surface area (Å²) in [7, 11) is 0. The SMILES string of the molecule is O=C(Cn1cnc2ccccc2c1=O)NO[C@@H]1CCCCO1. The van der Waals surface area contributed by atoms with Crippen LogP contribution < -0.4 is 11.0 Å². The summed E-state index contributed by atoms with van der Waals surface area (Å²) in [5.74, 6) is -0.423. The van der Waals surface area contributed by atoms with Gasteiger partial charge < -0.3 is 4.74 Å². The molecule has 1 saturated heterocycles. The van der Waals surface area contributed by atoms with Crippen LogP contribution in [0.15, 0.2) is 35.4 Å². The van der Waals surface area contributed by atoms with Crippen LogP contribution in [0, 0.1) is 0 Å². The molecule has 1 aromatic heterocycles. The summed E-state index contributed by atoms with van der Waals surface area (Å²) in [5.41, 5.74) is 2.68. The number of para-hydroxylation sites is 1. The lowest BCUT2D eigenvalue weighted by Gasteiger charge is -2.22. The largest absolute Gasteiger partial charge is 0.350 e. The third-order valence-corrected chi connectivity index (χ3v) is 3.49. The van der Waals surface area contributed by atoms with Crippen molar-refractivity contribution >= 4 is 16.8 Å². The van der Waals surface area contributed by atoms with Crippen LogP contribution in [0.25, 0.3) is 10.9 Å². The molecule has 1 fully saturated rings. The average Bonchev–Trinajstić information content (AvgIpc) is 2.57. The molecule has 0 spiro atoms. The Morgan fingerprint density at radius 2 is 2.27 bits per heavy atom. The zero-order valence-electron chi connectivity index (χ0n) is 12.0. The van der Waals surface area contributed by atoms with E-state index in [9.17, 15) is 9.59 Å². The van der Waals surface area contributed by atoms with Crippen molar-refractivity contribution in [3.05, 3.63) is 40.9 Å². The molecule has 0 aliphatic carbocycles. The lowest BCUT2D eigenvalue weighted by atomic mass is 10.2. The van der Waals surface area contributed by atoms with Gasteiger partial charge in [-0.15, -0.1) is 0 Å². The second kappa shape index (κ2) is 6.67. The molecular formula is C15H17N3O4. The number of amides is 1. The van der Waals surface area contributed by atoms with Crippen LogP contribution >= 0.6 is 0 Å². The Kier molecular flexibility index (Phi) is 4.45. The van der Waals surface area contributed by atoms with Gasteiger partial charge in [-0.3, -0.25) is 14.2 Å². The number of nitrogens with zero attached hydrogens (tertiary/aromatic N) is 2. The van der Waals surface area contributed by atoms with Crippen molar-refractivity contribution in [1.29, 1.82) is 0 Å². The fourth-order valence-corrected chi connectivity index (χ4v) is 2.34. The van der Waals surface area contributed by atoms with Gasteiger partial charge in [0, 0.05) is 13.0 Å². The Morgan fingerprint density at radius 3 is 3.09 bits per heavy atom. The number of ether oxygens (including phenoxy) is 1. The van der Waals surface area contributed by atoms with Crippen LogP contribution in [0.4, 0.5) is 0 Å². The highest BCUT2D eigenvalue weighted by Crippen LogP contribution is 2.12. The maximum absolute atomic E-state index is 12.2. The van der Waals surface area contributed by atoms with E-state index in [1.165, 1.54) is 10.9 Å². The van der Waals surface area contributed by atoms with Crippen molar-refractivity contribution in [2.75, 3.05) is 6.61 Å². The normalized spacial score (nSPS) is 18.3. The first-order chi connectivity index (χ1) is 10.7. The molecule has 1 amide bonds. The molecule has 1 aliphatic heterocycles. The second-order valence-corrected chi connectivity index (χ2v) is 5.13. The van der Waals surface area contributed by atoms with Gasteiger partial charge in [0.25, 0.3) is 11.5 Å². The fourth-order valence-electron chi connectivity index (χ4n) is 2.34. The molecule has 2 aromatic rings. The van der Waals surface area contributed by atoms with Gasteiger partial charge >= 0.3 is 0 Å². The minimum Gasteiger partial charge on any atom is -0.350 e. The minimum atomic E-state index is -0.423. The topological polar surface area (TPSA) is 82.5 Å². The number of hydrogen-bond acceptors (Lipinski definition) is 5. The Hall–Kier alpha value is -2.25. The predicted octanol–water partition coefficient (Wildman–Crippen LogP) is 0.971. The molecule has 0 bridgehead atoms. The van der Waals surface area contributed by atoms with Crippen LogP contribution in [0.3, 0.4) is 0 Å². The van der Waals surface area contributed by atoms with E-state index in [4.69, 9.17) is 9.57 Å². The van der Waals surface area contributed by atoms with E-state index in [1.807, 2.05) is 6.07 Å². The summed E-state index contributed by atoms with van der Waals surface area (Å²) in [4.78, 5) is 33.5. The van der Waals surface area contributed by atoms with Gasteiger partial charge in [0.05, 0.1) is 17.2 Å². The zero-order chi connectivity index (χ0) is 15.4. The van der Waals surface area contributed by atoms with Crippen LogP contribution in [0.5, 0.6) is 0 Å². The van der Waals surface area contributed by atoms with Gasteiger partial charge in [0.1, 0.15) is 6.54 Å². The maximum atomic E-state index is 12.2. The maximum Gasteiger partial charge on any atom is 0.263 e. The van der Waals surface area contributed by atoms with E-state index in [0.717, 1.165) is 19.3 Å². The first-order valence-electron chi connectivity index (χ1n) is 7.24. The summed E-state index contributed by atoms with van der Waals surface area (Å²) in [5, 5.41) is 0.481. The van der Waals surface area contributed by atoms with E-state index in [1.54, 1.807) is 18.2 Å². The molecule has 0 unspecified atom stereocenters. The molecule has 0 saturated carbocycles. The van der Waals surface area contributed by atoms with Crippen LogP contribution in [0.2, 0.25) is 0 Å². The second-order valence-electron chi connectivity index (χ2n) is 5.13.